The summed E-state index contributed by atoms with van der Waals surface area (Å²) < 4.78 is 0. The Morgan fingerprint density at radius 3 is 2.62 bits per heavy atom. The van der Waals surface area contributed by atoms with Gasteiger partial charge in [0.1, 0.15) is 0 Å². The lowest BCUT2D eigenvalue weighted by Crippen LogP contribution is -2.50. The highest BCUT2D eigenvalue weighted by atomic mass is 15.2. The molecule has 2 heteroatoms. The van der Waals surface area contributed by atoms with Crippen LogP contribution in [0.4, 0.5) is 0 Å². The van der Waals surface area contributed by atoms with Crippen LogP contribution in [-0.4, -0.2) is 24.0 Å². The summed E-state index contributed by atoms with van der Waals surface area (Å²) in [6.07, 6.45) is 1.27. The van der Waals surface area contributed by atoms with Gasteiger partial charge in [0.15, 0.2) is 0 Å². The summed E-state index contributed by atoms with van der Waals surface area (Å²) in [5.41, 5.74) is 7.03. The fraction of sp³-hybridized carbons (Fsp3) is 0.455. The molecule has 1 aliphatic heterocycles. The molecular weight excluding hydrogens is 160 g/mol. The number of hydrogen-bond acceptors (Lipinski definition) is 2. The van der Waals surface area contributed by atoms with Crippen molar-refractivity contribution in [2.75, 3.05) is 13.1 Å². The van der Waals surface area contributed by atoms with Gasteiger partial charge in [-0.1, -0.05) is 30.3 Å². The van der Waals surface area contributed by atoms with Gasteiger partial charge in [-0.15, -0.1) is 0 Å². The zero-order valence-corrected chi connectivity index (χ0v) is 7.82. The highest BCUT2D eigenvalue weighted by molar-refractivity contribution is 5.15. The molecular formula is C11H16N2. The largest absolute Gasteiger partial charge is 0.329 e. The van der Waals surface area contributed by atoms with Crippen molar-refractivity contribution in [3.8, 4) is 0 Å². The molecule has 0 radical (unpaired) electrons. The van der Waals surface area contributed by atoms with Gasteiger partial charge in [-0.25, -0.2) is 0 Å². The van der Waals surface area contributed by atoms with Crippen LogP contribution in [0.25, 0.3) is 0 Å². The molecule has 0 spiro atoms. The van der Waals surface area contributed by atoms with Gasteiger partial charge in [-0.2, -0.15) is 0 Å². The molecule has 1 aliphatic rings. The molecule has 70 valence electrons. The van der Waals surface area contributed by atoms with E-state index >= 15 is 0 Å². The first-order valence-corrected chi connectivity index (χ1v) is 4.88. The normalized spacial score (nSPS) is 22.7. The van der Waals surface area contributed by atoms with E-state index in [1.54, 1.807) is 0 Å². The van der Waals surface area contributed by atoms with E-state index in [0.29, 0.717) is 6.04 Å². The summed E-state index contributed by atoms with van der Waals surface area (Å²) in [6.45, 7) is 3.06. The standard InChI is InChI=1S/C11H16N2/c12-8-11-6-7-13(11)9-10-4-2-1-3-5-10/h1-5,11H,6-9,12H2/t11-/m0/s1. The summed E-state index contributed by atoms with van der Waals surface area (Å²) in [4.78, 5) is 2.44. The Morgan fingerprint density at radius 1 is 1.31 bits per heavy atom. The van der Waals surface area contributed by atoms with E-state index in [9.17, 15) is 0 Å². The summed E-state index contributed by atoms with van der Waals surface area (Å²) in [6, 6.07) is 11.2. The number of likely N-dealkylation sites (tertiary alicyclic amines) is 1. The molecule has 1 fully saturated rings. The maximum absolute atomic E-state index is 5.64. The first-order valence-electron chi connectivity index (χ1n) is 4.88. The van der Waals surface area contributed by atoms with E-state index in [1.165, 1.54) is 18.5 Å². The van der Waals surface area contributed by atoms with Crippen molar-refractivity contribution in [2.24, 2.45) is 5.73 Å². The van der Waals surface area contributed by atoms with Crippen LogP contribution in [0.1, 0.15) is 12.0 Å². The number of hydrogen-bond donors (Lipinski definition) is 1. The fourth-order valence-corrected chi connectivity index (χ4v) is 1.79. The van der Waals surface area contributed by atoms with E-state index in [2.05, 4.69) is 35.2 Å². The Labute approximate surface area is 79.4 Å². The van der Waals surface area contributed by atoms with Crippen LogP contribution in [0.2, 0.25) is 0 Å². The van der Waals surface area contributed by atoms with Crippen molar-refractivity contribution >= 4 is 0 Å². The first-order chi connectivity index (χ1) is 6.40. The molecule has 1 atom stereocenters. The average molecular weight is 176 g/mol. The summed E-state index contributed by atoms with van der Waals surface area (Å²) in [7, 11) is 0. The van der Waals surface area contributed by atoms with Crippen LogP contribution in [0.5, 0.6) is 0 Å². The van der Waals surface area contributed by atoms with Crippen molar-refractivity contribution < 1.29 is 0 Å². The number of rotatable bonds is 3. The molecule has 1 aromatic rings. The molecule has 2 nitrogen and oxygen atoms in total. The van der Waals surface area contributed by atoms with E-state index in [4.69, 9.17) is 5.73 Å². The zero-order valence-electron chi connectivity index (χ0n) is 7.82. The minimum absolute atomic E-state index is 0.625. The van der Waals surface area contributed by atoms with Gasteiger partial charge in [-0.05, 0) is 12.0 Å². The second-order valence-electron chi connectivity index (χ2n) is 3.63. The van der Waals surface area contributed by atoms with Crippen molar-refractivity contribution in [1.82, 2.24) is 4.90 Å². The second kappa shape index (κ2) is 3.90. The molecule has 0 aromatic heterocycles. The lowest BCUT2D eigenvalue weighted by molar-refractivity contribution is 0.0882. The maximum Gasteiger partial charge on any atom is 0.0237 e. The monoisotopic (exact) mass is 176 g/mol. The summed E-state index contributed by atoms with van der Waals surface area (Å²) in [5.74, 6) is 0. The highest BCUT2D eigenvalue weighted by Crippen LogP contribution is 2.18. The Bertz CT molecular complexity index is 256. The van der Waals surface area contributed by atoms with Crippen molar-refractivity contribution in [3.63, 3.8) is 0 Å². The van der Waals surface area contributed by atoms with Crippen LogP contribution in [0.3, 0.4) is 0 Å². The predicted molar refractivity (Wildman–Crippen MR) is 54.3 cm³/mol. The SMILES string of the molecule is NC[C@@H]1CCN1Cc1ccccc1. The fourth-order valence-electron chi connectivity index (χ4n) is 1.79. The first kappa shape index (κ1) is 8.73. The van der Waals surface area contributed by atoms with Crippen molar-refractivity contribution in [1.29, 1.82) is 0 Å². The molecule has 1 aromatic carbocycles. The van der Waals surface area contributed by atoms with Crippen LogP contribution < -0.4 is 5.73 Å². The Balaban J connectivity index is 1.92. The van der Waals surface area contributed by atoms with Gasteiger partial charge in [0, 0.05) is 25.7 Å². The number of nitrogens with zero attached hydrogens (tertiary/aromatic N) is 1. The smallest absolute Gasteiger partial charge is 0.0237 e. The van der Waals surface area contributed by atoms with Crippen LogP contribution in [0.15, 0.2) is 30.3 Å². The van der Waals surface area contributed by atoms with E-state index in [0.717, 1.165) is 13.1 Å². The van der Waals surface area contributed by atoms with Crippen molar-refractivity contribution in [3.05, 3.63) is 35.9 Å². The van der Waals surface area contributed by atoms with Crippen molar-refractivity contribution in [2.45, 2.75) is 19.0 Å². The number of benzene rings is 1. The Morgan fingerprint density at radius 2 is 2.08 bits per heavy atom. The van der Waals surface area contributed by atoms with Gasteiger partial charge in [0.25, 0.3) is 0 Å². The predicted octanol–water partition coefficient (Wildman–Crippen LogP) is 1.22. The van der Waals surface area contributed by atoms with Crippen LogP contribution in [0, 0.1) is 0 Å². The third-order valence-corrected chi connectivity index (χ3v) is 2.77. The summed E-state index contributed by atoms with van der Waals surface area (Å²) in [5, 5.41) is 0. The lowest BCUT2D eigenvalue weighted by atomic mass is 10.0. The summed E-state index contributed by atoms with van der Waals surface area (Å²) >= 11 is 0. The van der Waals surface area contributed by atoms with E-state index in [-0.39, 0.29) is 0 Å². The molecule has 13 heavy (non-hydrogen) atoms. The maximum atomic E-state index is 5.64. The average Bonchev–Trinajstić information content (AvgIpc) is 2.15. The van der Waals surface area contributed by atoms with Gasteiger partial charge in [0.2, 0.25) is 0 Å². The zero-order chi connectivity index (χ0) is 9.10. The Hall–Kier alpha value is -0.860. The molecule has 0 amide bonds. The van der Waals surface area contributed by atoms with E-state index < -0.39 is 0 Å². The van der Waals surface area contributed by atoms with Crippen LogP contribution in [-0.2, 0) is 6.54 Å². The molecule has 2 N–H and O–H groups in total. The Kier molecular flexibility index (Phi) is 2.62. The minimum atomic E-state index is 0.625. The molecule has 0 unspecified atom stereocenters. The number of nitrogens with two attached hydrogens (primary N) is 1. The molecule has 0 saturated carbocycles. The molecule has 1 saturated heterocycles. The second-order valence-corrected chi connectivity index (χ2v) is 3.63. The lowest BCUT2D eigenvalue weighted by Gasteiger charge is -2.40. The van der Waals surface area contributed by atoms with Gasteiger partial charge in [0.05, 0.1) is 0 Å². The third kappa shape index (κ3) is 1.90. The van der Waals surface area contributed by atoms with E-state index in [1.807, 2.05) is 0 Å². The topological polar surface area (TPSA) is 29.3 Å². The minimum Gasteiger partial charge on any atom is -0.329 e. The van der Waals surface area contributed by atoms with Crippen LogP contribution >= 0.6 is 0 Å². The van der Waals surface area contributed by atoms with Gasteiger partial charge < -0.3 is 5.73 Å². The molecule has 0 aliphatic carbocycles. The van der Waals surface area contributed by atoms with Gasteiger partial charge >= 0.3 is 0 Å². The highest BCUT2D eigenvalue weighted by Gasteiger charge is 2.25. The third-order valence-electron chi connectivity index (χ3n) is 2.77. The van der Waals surface area contributed by atoms with Gasteiger partial charge in [-0.3, -0.25) is 4.90 Å². The molecule has 1 heterocycles. The quantitative estimate of drug-likeness (QED) is 0.750. The molecule has 0 bridgehead atoms. The molecule has 2 rings (SSSR count).